The number of hydrogen-bond donors (Lipinski definition) is 1. The van der Waals surface area contributed by atoms with Gasteiger partial charge in [-0.1, -0.05) is 0 Å². The fourth-order valence-electron chi connectivity index (χ4n) is 4.15. The van der Waals surface area contributed by atoms with Crippen LogP contribution in [0.2, 0.25) is 0 Å². The maximum absolute atomic E-state index is 13.0. The van der Waals surface area contributed by atoms with Crippen molar-refractivity contribution in [2.24, 2.45) is 0 Å². The highest BCUT2D eigenvalue weighted by atomic mass is 16.7. The van der Waals surface area contributed by atoms with Crippen molar-refractivity contribution in [3.63, 3.8) is 0 Å². The van der Waals surface area contributed by atoms with Crippen LogP contribution >= 0.6 is 0 Å². The quantitative estimate of drug-likeness (QED) is 0.713. The zero-order valence-corrected chi connectivity index (χ0v) is 15.6. The average Bonchev–Trinajstić information content (AvgIpc) is 3.47. The van der Waals surface area contributed by atoms with Gasteiger partial charge in [-0.3, -0.25) is 14.4 Å². The lowest BCUT2D eigenvalue weighted by molar-refractivity contribution is -0.918. The number of furan rings is 1. The third kappa shape index (κ3) is 3.03. The lowest BCUT2D eigenvalue weighted by Gasteiger charge is -2.34. The Morgan fingerprint density at radius 2 is 1.86 bits per heavy atom. The number of carbonyl (C=O) groups excluding carboxylic acids is 3. The van der Waals surface area contributed by atoms with Gasteiger partial charge in [0.1, 0.15) is 0 Å². The number of anilines is 1. The number of amides is 3. The van der Waals surface area contributed by atoms with E-state index in [-0.39, 0.29) is 30.9 Å². The van der Waals surface area contributed by atoms with Crippen molar-refractivity contribution in [3.8, 4) is 11.5 Å². The van der Waals surface area contributed by atoms with Crippen LogP contribution in [0.3, 0.4) is 0 Å². The van der Waals surface area contributed by atoms with Gasteiger partial charge in [-0.15, -0.1) is 0 Å². The first-order valence-corrected chi connectivity index (χ1v) is 9.55. The molecule has 29 heavy (non-hydrogen) atoms. The van der Waals surface area contributed by atoms with E-state index in [0.717, 1.165) is 4.90 Å². The Morgan fingerprint density at radius 1 is 1.07 bits per heavy atom. The van der Waals surface area contributed by atoms with E-state index in [2.05, 4.69) is 0 Å². The first-order valence-electron chi connectivity index (χ1n) is 9.55. The predicted octanol–water partition coefficient (Wildman–Crippen LogP) is -0.319. The summed E-state index contributed by atoms with van der Waals surface area (Å²) in [7, 11) is 0. The maximum Gasteiger partial charge on any atom is 0.292 e. The van der Waals surface area contributed by atoms with E-state index in [0.29, 0.717) is 49.1 Å². The molecule has 0 bridgehead atoms. The summed E-state index contributed by atoms with van der Waals surface area (Å²) in [6.07, 6.45) is 1.64. The molecule has 2 saturated heterocycles. The summed E-state index contributed by atoms with van der Waals surface area (Å²) in [4.78, 5) is 42.0. The van der Waals surface area contributed by atoms with Gasteiger partial charge < -0.3 is 23.7 Å². The summed E-state index contributed by atoms with van der Waals surface area (Å²) in [5.41, 5.74) is 0.498. The van der Waals surface area contributed by atoms with Gasteiger partial charge in [0, 0.05) is 6.07 Å². The van der Waals surface area contributed by atoms with Crippen LogP contribution in [0.4, 0.5) is 5.69 Å². The molecule has 3 aliphatic heterocycles. The zero-order valence-electron chi connectivity index (χ0n) is 15.6. The van der Waals surface area contributed by atoms with E-state index >= 15 is 0 Å². The Labute approximate surface area is 166 Å². The standard InChI is InChI=1S/C20H19N3O6/c24-18-11-14(19(25)23(18)13-3-4-15-17(10-13)29-12-28-15)21-5-7-22(8-6-21)20(26)16-2-1-9-27-16/h1-4,9-10,14H,5-8,11-12H2/p+1/t14-/m0/s1. The van der Waals surface area contributed by atoms with Crippen molar-refractivity contribution >= 4 is 23.4 Å². The number of imide groups is 1. The fraction of sp³-hybridized carbons (Fsp3) is 0.350. The number of benzene rings is 1. The monoisotopic (exact) mass is 398 g/mol. The molecule has 0 radical (unpaired) electrons. The van der Waals surface area contributed by atoms with Gasteiger partial charge in [0.15, 0.2) is 23.3 Å². The molecule has 1 aromatic carbocycles. The van der Waals surface area contributed by atoms with E-state index in [9.17, 15) is 14.4 Å². The van der Waals surface area contributed by atoms with Crippen molar-refractivity contribution in [1.82, 2.24) is 4.90 Å². The van der Waals surface area contributed by atoms with Gasteiger partial charge >= 0.3 is 0 Å². The molecule has 1 aromatic heterocycles. The van der Waals surface area contributed by atoms with Gasteiger partial charge in [0.25, 0.3) is 11.8 Å². The van der Waals surface area contributed by atoms with Crippen LogP contribution in [-0.4, -0.2) is 61.6 Å². The SMILES string of the molecule is O=C(c1ccco1)N1CC[NH+]([C@H]2CC(=O)N(c3ccc4c(c3)OCO4)C2=O)CC1. The molecule has 3 amide bonds. The molecule has 1 N–H and O–H groups in total. The molecule has 0 unspecified atom stereocenters. The molecule has 150 valence electrons. The summed E-state index contributed by atoms with van der Waals surface area (Å²) < 4.78 is 15.8. The Balaban J connectivity index is 1.26. The lowest BCUT2D eigenvalue weighted by Crippen LogP contribution is -3.19. The molecule has 2 fully saturated rings. The number of rotatable bonds is 3. The normalized spacial score (nSPS) is 21.9. The molecule has 9 heteroatoms. The minimum atomic E-state index is -0.436. The van der Waals surface area contributed by atoms with Crippen molar-refractivity contribution in [2.75, 3.05) is 37.9 Å². The smallest absolute Gasteiger partial charge is 0.292 e. The maximum atomic E-state index is 13.0. The molecule has 3 aliphatic rings. The first kappa shape index (κ1) is 17.7. The summed E-state index contributed by atoms with van der Waals surface area (Å²) in [5, 5.41) is 0. The van der Waals surface area contributed by atoms with Crippen LogP contribution in [-0.2, 0) is 9.59 Å². The van der Waals surface area contributed by atoms with Crippen LogP contribution in [0.25, 0.3) is 0 Å². The number of piperazine rings is 1. The number of fused-ring (bicyclic) bond motifs is 1. The number of nitrogens with one attached hydrogen (secondary N) is 1. The molecule has 0 aliphatic carbocycles. The third-order valence-electron chi connectivity index (χ3n) is 5.68. The summed E-state index contributed by atoms with van der Waals surface area (Å²) >= 11 is 0. The van der Waals surface area contributed by atoms with Crippen LogP contribution in [0.1, 0.15) is 17.0 Å². The average molecular weight is 398 g/mol. The van der Waals surface area contributed by atoms with Gasteiger partial charge in [-0.2, -0.15) is 0 Å². The highest BCUT2D eigenvalue weighted by Crippen LogP contribution is 2.36. The third-order valence-corrected chi connectivity index (χ3v) is 5.68. The molecule has 2 aromatic rings. The molecular weight excluding hydrogens is 378 g/mol. The molecule has 5 rings (SSSR count). The second-order valence-corrected chi connectivity index (χ2v) is 7.29. The minimum absolute atomic E-state index is 0.133. The highest BCUT2D eigenvalue weighted by Gasteiger charge is 2.47. The highest BCUT2D eigenvalue weighted by molar-refractivity contribution is 6.22. The van der Waals surface area contributed by atoms with Gasteiger partial charge in [-0.25, -0.2) is 4.90 Å². The summed E-state index contributed by atoms with van der Waals surface area (Å²) in [6.45, 7) is 2.36. The first-order chi connectivity index (χ1) is 14.1. The summed E-state index contributed by atoms with van der Waals surface area (Å²) in [5.74, 6) is 0.867. The molecule has 0 spiro atoms. The molecule has 9 nitrogen and oxygen atoms in total. The molecular formula is C20H20N3O6+. The molecule has 0 saturated carbocycles. The van der Waals surface area contributed by atoms with Gasteiger partial charge in [-0.05, 0) is 24.3 Å². The minimum Gasteiger partial charge on any atom is -0.459 e. The van der Waals surface area contributed by atoms with E-state index in [1.54, 1.807) is 35.2 Å². The van der Waals surface area contributed by atoms with Crippen molar-refractivity contribution in [3.05, 3.63) is 42.4 Å². The van der Waals surface area contributed by atoms with Crippen LogP contribution in [0.15, 0.2) is 41.0 Å². The van der Waals surface area contributed by atoms with Gasteiger partial charge in [0.2, 0.25) is 12.7 Å². The Morgan fingerprint density at radius 3 is 2.62 bits per heavy atom. The van der Waals surface area contributed by atoms with Crippen LogP contribution in [0, 0.1) is 0 Å². The number of carbonyl (C=O) groups is 3. The Hall–Kier alpha value is -3.33. The Bertz CT molecular complexity index is 965. The number of quaternary nitrogens is 1. The molecule has 1 atom stereocenters. The number of ether oxygens (including phenoxy) is 2. The lowest BCUT2D eigenvalue weighted by atomic mass is 10.1. The second-order valence-electron chi connectivity index (χ2n) is 7.29. The number of hydrogen-bond acceptors (Lipinski definition) is 6. The van der Waals surface area contributed by atoms with E-state index in [4.69, 9.17) is 13.9 Å². The van der Waals surface area contributed by atoms with Crippen molar-refractivity contribution < 1.29 is 33.2 Å². The summed E-state index contributed by atoms with van der Waals surface area (Å²) in [6, 6.07) is 7.95. The van der Waals surface area contributed by atoms with Crippen LogP contribution < -0.4 is 19.3 Å². The Kier molecular flexibility index (Phi) is 4.24. The zero-order chi connectivity index (χ0) is 20.0. The van der Waals surface area contributed by atoms with Crippen LogP contribution in [0.5, 0.6) is 11.5 Å². The van der Waals surface area contributed by atoms with Crippen molar-refractivity contribution in [1.29, 1.82) is 0 Å². The van der Waals surface area contributed by atoms with E-state index in [1.807, 2.05) is 0 Å². The topological polar surface area (TPSA) is 93.7 Å². The predicted molar refractivity (Wildman–Crippen MR) is 98.8 cm³/mol. The van der Waals surface area contributed by atoms with E-state index in [1.165, 1.54) is 11.2 Å². The molecule has 4 heterocycles. The number of nitrogens with zero attached hydrogens (tertiary/aromatic N) is 2. The fourth-order valence-corrected chi connectivity index (χ4v) is 4.15. The largest absolute Gasteiger partial charge is 0.459 e. The van der Waals surface area contributed by atoms with Crippen molar-refractivity contribution in [2.45, 2.75) is 12.5 Å². The van der Waals surface area contributed by atoms with E-state index < -0.39 is 6.04 Å². The second kappa shape index (κ2) is 6.93. The van der Waals surface area contributed by atoms with Gasteiger partial charge in [0.05, 0.1) is 44.6 Å².